The van der Waals surface area contributed by atoms with Gasteiger partial charge < -0.3 is 15.0 Å². The van der Waals surface area contributed by atoms with Gasteiger partial charge in [-0.25, -0.2) is 0 Å². The van der Waals surface area contributed by atoms with Gasteiger partial charge in [0, 0.05) is 19.1 Å². The highest BCUT2D eigenvalue weighted by Gasteiger charge is 2.22. The molecule has 0 aromatic heterocycles. The molecule has 1 aliphatic heterocycles. The van der Waals surface area contributed by atoms with Crippen LogP contribution in [0, 0.1) is 0 Å². The minimum absolute atomic E-state index is 0. The van der Waals surface area contributed by atoms with Crippen LogP contribution in [0.5, 0.6) is 5.75 Å². The van der Waals surface area contributed by atoms with Crippen LogP contribution < -0.4 is 10.1 Å². The van der Waals surface area contributed by atoms with Crippen molar-refractivity contribution in [2.24, 2.45) is 0 Å². The summed E-state index contributed by atoms with van der Waals surface area (Å²) in [6.07, 6.45) is 2.51. The molecule has 0 saturated carbocycles. The number of ether oxygens (including phenoxy) is 1. The van der Waals surface area contributed by atoms with E-state index in [9.17, 15) is 4.79 Å². The minimum atomic E-state index is 0. The molecular weight excluding hydrogens is 347 g/mol. The second kappa shape index (κ2) is 9.46. The average Bonchev–Trinajstić information content (AvgIpc) is 2.51. The lowest BCUT2D eigenvalue weighted by molar-refractivity contribution is -0.133. The number of nitrogens with one attached hydrogen (secondary N) is 1. The van der Waals surface area contributed by atoms with Gasteiger partial charge in [0.15, 0.2) is 0 Å². The number of carbonyl (C=O) groups excluding carboxylic acids is 1. The van der Waals surface area contributed by atoms with E-state index in [4.69, 9.17) is 27.9 Å². The third kappa shape index (κ3) is 5.20. The number of piperidine rings is 1. The fourth-order valence-electron chi connectivity index (χ4n) is 2.44. The number of nitrogens with zero attached hydrogens (tertiary/aromatic N) is 1. The van der Waals surface area contributed by atoms with Crippen molar-refractivity contribution >= 4 is 41.5 Å². The van der Waals surface area contributed by atoms with Crippen molar-refractivity contribution in [1.82, 2.24) is 10.2 Å². The number of carbonyl (C=O) groups is 1. The Kier molecular flexibility index (Phi) is 8.33. The highest BCUT2D eigenvalue weighted by molar-refractivity contribution is 6.42. The van der Waals surface area contributed by atoms with Crippen molar-refractivity contribution in [2.45, 2.75) is 25.3 Å². The van der Waals surface area contributed by atoms with Crippen LogP contribution in [0.25, 0.3) is 0 Å². The smallest absolute Gasteiger partial charge is 0.226 e. The Morgan fingerprint density at radius 1 is 1.45 bits per heavy atom. The Morgan fingerprint density at radius 3 is 2.95 bits per heavy atom. The molecule has 1 atom stereocenters. The van der Waals surface area contributed by atoms with Gasteiger partial charge in [0.05, 0.1) is 18.1 Å². The fraction of sp³-hybridized carbons (Fsp3) is 0.533. The highest BCUT2D eigenvalue weighted by Crippen LogP contribution is 2.31. The predicted octanol–water partition coefficient (Wildman–Crippen LogP) is 3.39. The van der Waals surface area contributed by atoms with Crippen LogP contribution in [-0.2, 0) is 4.79 Å². The molecule has 4 nitrogen and oxygen atoms in total. The van der Waals surface area contributed by atoms with Crippen molar-refractivity contribution in [2.75, 3.05) is 26.7 Å². The van der Waals surface area contributed by atoms with E-state index in [1.807, 2.05) is 11.9 Å². The molecular formula is C15H21Cl3N2O2. The summed E-state index contributed by atoms with van der Waals surface area (Å²) < 4.78 is 5.55. The zero-order chi connectivity index (χ0) is 15.2. The number of halogens is 3. The molecule has 1 aliphatic rings. The number of rotatable bonds is 5. The van der Waals surface area contributed by atoms with Crippen LogP contribution in [0.3, 0.4) is 0 Å². The summed E-state index contributed by atoms with van der Waals surface area (Å²) in [7, 11) is 1.93. The molecule has 7 heteroatoms. The van der Waals surface area contributed by atoms with Crippen molar-refractivity contribution < 1.29 is 9.53 Å². The normalized spacial score (nSPS) is 17.8. The fourth-order valence-corrected chi connectivity index (χ4v) is 2.79. The second-order valence-electron chi connectivity index (χ2n) is 5.12. The first-order chi connectivity index (χ1) is 10.1. The first-order valence-corrected chi connectivity index (χ1v) is 7.89. The maximum atomic E-state index is 12.2. The van der Waals surface area contributed by atoms with Crippen LogP contribution in [0.4, 0.5) is 0 Å². The van der Waals surface area contributed by atoms with Crippen molar-refractivity contribution in [3.8, 4) is 5.75 Å². The molecule has 1 heterocycles. The van der Waals surface area contributed by atoms with Gasteiger partial charge >= 0.3 is 0 Å². The van der Waals surface area contributed by atoms with Crippen molar-refractivity contribution in [3.05, 3.63) is 28.2 Å². The molecule has 1 N–H and O–H groups in total. The van der Waals surface area contributed by atoms with Gasteiger partial charge in [-0.2, -0.15) is 0 Å². The van der Waals surface area contributed by atoms with Gasteiger partial charge in [-0.1, -0.05) is 29.3 Å². The molecule has 1 saturated heterocycles. The first-order valence-electron chi connectivity index (χ1n) is 7.13. The summed E-state index contributed by atoms with van der Waals surface area (Å²) in [5, 5.41) is 4.07. The molecule has 1 amide bonds. The Bertz CT molecular complexity index is 500. The molecule has 124 valence electrons. The van der Waals surface area contributed by atoms with E-state index < -0.39 is 0 Å². The lowest BCUT2D eigenvalue weighted by Crippen LogP contribution is -2.47. The van der Waals surface area contributed by atoms with E-state index in [-0.39, 0.29) is 18.3 Å². The number of hydrogen-bond donors (Lipinski definition) is 1. The topological polar surface area (TPSA) is 41.6 Å². The number of likely N-dealkylation sites (tertiary alicyclic amines) is 1. The lowest BCUT2D eigenvalue weighted by atomic mass is 10.1. The van der Waals surface area contributed by atoms with Gasteiger partial charge in [-0.15, -0.1) is 12.4 Å². The molecule has 0 aliphatic carbocycles. The van der Waals surface area contributed by atoms with Crippen LogP contribution in [0.2, 0.25) is 10.0 Å². The van der Waals surface area contributed by atoms with Crippen LogP contribution in [0.15, 0.2) is 18.2 Å². The second-order valence-corrected chi connectivity index (χ2v) is 5.90. The molecule has 1 aromatic carbocycles. The van der Waals surface area contributed by atoms with Gasteiger partial charge in [0.25, 0.3) is 0 Å². The van der Waals surface area contributed by atoms with Gasteiger partial charge in [-0.3, -0.25) is 4.79 Å². The van der Waals surface area contributed by atoms with E-state index in [0.717, 1.165) is 25.9 Å². The number of likely N-dealkylation sites (N-methyl/N-ethyl adjacent to an activating group) is 1. The SMILES string of the molecule is CNC1CCCN(C(=O)CCOc2cccc(Cl)c2Cl)C1.Cl. The molecule has 0 bridgehead atoms. The van der Waals surface area contributed by atoms with E-state index >= 15 is 0 Å². The Morgan fingerprint density at radius 2 is 2.23 bits per heavy atom. The van der Waals surface area contributed by atoms with E-state index in [0.29, 0.717) is 34.9 Å². The largest absolute Gasteiger partial charge is 0.491 e. The van der Waals surface area contributed by atoms with Crippen molar-refractivity contribution in [1.29, 1.82) is 0 Å². The molecule has 1 aromatic rings. The Labute approximate surface area is 147 Å². The molecule has 0 radical (unpaired) electrons. The molecule has 1 unspecified atom stereocenters. The lowest BCUT2D eigenvalue weighted by Gasteiger charge is -2.32. The zero-order valence-corrected chi connectivity index (χ0v) is 14.8. The molecule has 1 fully saturated rings. The average molecular weight is 368 g/mol. The third-order valence-corrected chi connectivity index (χ3v) is 4.47. The van der Waals surface area contributed by atoms with Gasteiger partial charge in [0.1, 0.15) is 10.8 Å². The van der Waals surface area contributed by atoms with E-state index in [2.05, 4.69) is 5.32 Å². The first kappa shape index (κ1) is 19.4. The standard InChI is InChI=1S/C15H20Cl2N2O2.ClH/c1-18-11-4-3-8-19(10-11)14(20)7-9-21-13-6-2-5-12(16)15(13)17;/h2,5-6,11,18H,3-4,7-10H2,1H3;1H. The Balaban J connectivity index is 0.00000242. The van der Waals surface area contributed by atoms with Gasteiger partial charge in [0.2, 0.25) is 5.91 Å². The summed E-state index contributed by atoms with van der Waals surface area (Å²) in [6, 6.07) is 5.61. The third-order valence-electron chi connectivity index (χ3n) is 3.67. The summed E-state index contributed by atoms with van der Waals surface area (Å²) in [5.74, 6) is 0.636. The summed E-state index contributed by atoms with van der Waals surface area (Å²) >= 11 is 11.9. The van der Waals surface area contributed by atoms with Crippen LogP contribution >= 0.6 is 35.6 Å². The minimum Gasteiger partial charge on any atom is -0.491 e. The summed E-state index contributed by atoms with van der Waals surface area (Å²) in [5.41, 5.74) is 0. The maximum absolute atomic E-state index is 12.2. The molecule has 2 rings (SSSR count). The van der Waals surface area contributed by atoms with Crippen LogP contribution in [0.1, 0.15) is 19.3 Å². The zero-order valence-electron chi connectivity index (χ0n) is 12.5. The Hall–Kier alpha value is -0.680. The monoisotopic (exact) mass is 366 g/mol. The van der Waals surface area contributed by atoms with Crippen LogP contribution in [-0.4, -0.2) is 43.6 Å². The molecule has 0 spiro atoms. The maximum Gasteiger partial charge on any atom is 0.226 e. The van der Waals surface area contributed by atoms with Crippen molar-refractivity contribution in [3.63, 3.8) is 0 Å². The summed E-state index contributed by atoms with van der Waals surface area (Å²) in [6.45, 7) is 1.90. The predicted molar refractivity (Wildman–Crippen MR) is 92.5 cm³/mol. The molecule has 22 heavy (non-hydrogen) atoms. The summed E-state index contributed by atoms with van der Waals surface area (Å²) in [4.78, 5) is 14.1. The van der Waals surface area contributed by atoms with Gasteiger partial charge in [-0.05, 0) is 32.0 Å². The number of amides is 1. The number of hydrogen-bond acceptors (Lipinski definition) is 3. The van der Waals surface area contributed by atoms with E-state index in [1.54, 1.807) is 18.2 Å². The highest BCUT2D eigenvalue weighted by atomic mass is 35.5. The number of benzene rings is 1. The quantitative estimate of drug-likeness (QED) is 0.867. The van der Waals surface area contributed by atoms with E-state index in [1.165, 1.54) is 0 Å².